The number of aromatic nitrogens is 1. The van der Waals surface area contributed by atoms with Gasteiger partial charge in [-0.2, -0.15) is 4.39 Å². The Bertz CT molecular complexity index is 424. The van der Waals surface area contributed by atoms with Crippen molar-refractivity contribution in [2.75, 3.05) is 13.1 Å². The van der Waals surface area contributed by atoms with Gasteiger partial charge in [0.1, 0.15) is 0 Å². The summed E-state index contributed by atoms with van der Waals surface area (Å²) < 4.78 is 12.8. The maximum atomic E-state index is 12.8. The molecule has 0 spiro atoms. The lowest BCUT2D eigenvalue weighted by Gasteiger charge is -2.37. The van der Waals surface area contributed by atoms with Crippen LogP contribution in [0, 0.1) is 17.8 Å². The van der Waals surface area contributed by atoms with E-state index >= 15 is 0 Å². The number of nitrogens with zero attached hydrogens (tertiary/aromatic N) is 1. The van der Waals surface area contributed by atoms with E-state index in [4.69, 9.17) is 0 Å². The normalized spacial score (nSPS) is 28.4. The Balaban J connectivity index is 1.90. The van der Waals surface area contributed by atoms with Crippen LogP contribution in [-0.4, -0.2) is 18.1 Å². The molecule has 1 aliphatic carbocycles. The molecule has 2 aliphatic rings. The fourth-order valence-electron chi connectivity index (χ4n) is 3.11. The van der Waals surface area contributed by atoms with Crippen molar-refractivity contribution in [1.29, 1.82) is 0 Å². The summed E-state index contributed by atoms with van der Waals surface area (Å²) in [5, 5.41) is 3.46. The fraction of sp³-hybridized carbons (Fsp3) is 0.500. The van der Waals surface area contributed by atoms with E-state index in [0.717, 1.165) is 31.0 Å². The van der Waals surface area contributed by atoms with Crippen LogP contribution < -0.4 is 5.32 Å². The van der Waals surface area contributed by atoms with Gasteiger partial charge in [0, 0.05) is 12.7 Å². The number of hydrogen-bond acceptors (Lipinski definition) is 2. The van der Waals surface area contributed by atoms with Crippen molar-refractivity contribution in [3.8, 4) is 0 Å². The fourth-order valence-corrected chi connectivity index (χ4v) is 3.11. The number of nitrogens with one attached hydrogen (secondary N) is 1. The molecule has 3 rings (SSSR count). The predicted molar refractivity (Wildman–Crippen MR) is 65.9 cm³/mol. The van der Waals surface area contributed by atoms with E-state index in [1.54, 1.807) is 6.20 Å². The topological polar surface area (TPSA) is 24.9 Å². The highest BCUT2D eigenvalue weighted by atomic mass is 19.1. The largest absolute Gasteiger partial charge is 0.316 e. The molecule has 2 heterocycles. The molecular formula is C14H17FN2. The van der Waals surface area contributed by atoms with Gasteiger partial charge in [-0.05, 0) is 60.9 Å². The van der Waals surface area contributed by atoms with Crippen LogP contribution in [0.25, 0.3) is 5.57 Å². The molecule has 0 radical (unpaired) electrons. The summed E-state index contributed by atoms with van der Waals surface area (Å²) in [6.45, 7) is 2.18. The van der Waals surface area contributed by atoms with Gasteiger partial charge in [0.2, 0.25) is 5.95 Å². The number of pyridine rings is 1. The second-order valence-electron chi connectivity index (χ2n) is 4.97. The zero-order valence-electron chi connectivity index (χ0n) is 9.82. The summed E-state index contributed by atoms with van der Waals surface area (Å²) in [5.41, 5.74) is 2.45. The van der Waals surface area contributed by atoms with Crippen molar-refractivity contribution < 1.29 is 4.39 Å². The molecule has 90 valence electrons. The third-order valence-electron chi connectivity index (χ3n) is 3.99. The average Bonchev–Trinajstić information content (AvgIpc) is 2.39. The van der Waals surface area contributed by atoms with Gasteiger partial charge in [0.15, 0.2) is 0 Å². The van der Waals surface area contributed by atoms with E-state index in [1.165, 1.54) is 24.5 Å². The Labute approximate surface area is 101 Å². The maximum absolute atomic E-state index is 12.8. The van der Waals surface area contributed by atoms with Gasteiger partial charge < -0.3 is 5.32 Å². The lowest BCUT2D eigenvalue weighted by Crippen LogP contribution is -2.38. The molecule has 2 atom stereocenters. The van der Waals surface area contributed by atoms with E-state index in [9.17, 15) is 4.39 Å². The van der Waals surface area contributed by atoms with Crippen molar-refractivity contribution in [3.63, 3.8) is 0 Å². The zero-order valence-corrected chi connectivity index (χ0v) is 9.82. The Morgan fingerprint density at radius 1 is 1.29 bits per heavy atom. The molecule has 17 heavy (non-hydrogen) atoms. The number of rotatable bonds is 1. The first-order valence-electron chi connectivity index (χ1n) is 6.37. The van der Waals surface area contributed by atoms with Gasteiger partial charge in [-0.15, -0.1) is 0 Å². The van der Waals surface area contributed by atoms with Gasteiger partial charge in [-0.25, -0.2) is 4.98 Å². The van der Waals surface area contributed by atoms with E-state index in [2.05, 4.69) is 16.4 Å². The molecule has 3 heteroatoms. The van der Waals surface area contributed by atoms with E-state index in [1.807, 2.05) is 6.07 Å². The van der Waals surface area contributed by atoms with Crippen LogP contribution >= 0.6 is 0 Å². The summed E-state index contributed by atoms with van der Waals surface area (Å²) in [6, 6.07) is 3.31. The minimum Gasteiger partial charge on any atom is -0.316 e. The quantitative estimate of drug-likeness (QED) is 0.753. The van der Waals surface area contributed by atoms with Crippen molar-refractivity contribution in [1.82, 2.24) is 10.3 Å². The van der Waals surface area contributed by atoms with Gasteiger partial charge in [-0.1, -0.05) is 6.08 Å². The van der Waals surface area contributed by atoms with Gasteiger partial charge in [0.05, 0.1) is 0 Å². The minimum atomic E-state index is -0.400. The number of allylic oxidation sites excluding steroid dienone is 1. The van der Waals surface area contributed by atoms with E-state index < -0.39 is 5.95 Å². The Hall–Kier alpha value is -1.22. The first-order chi connectivity index (χ1) is 8.34. The molecule has 1 aromatic rings. The molecule has 0 bridgehead atoms. The van der Waals surface area contributed by atoms with Crippen molar-refractivity contribution in [3.05, 3.63) is 35.9 Å². The summed E-state index contributed by atoms with van der Waals surface area (Å²) in [7, 11) is 0. The smallest absolute Gasteiger partial charge is 0.212 e. The molecular weight excluding hydrogens is 215 g/mol. The molecule has 0 amide bonds. The lowest BCUT2D eigenvalue weighted by molar-refractivity contribution is 0.285. The monoisotopic (exact) mass is 232 g/mol. The summed E-state index contributed by atoms with van der Waals surface area (Å²) in [4.78, 5) is 3.76. The minimum absolute atomic E-state index is 0.400. The molecule has 1 aromatic heterocycles. The maximum Gasteiger partial charge on any atom is 0.212 e. The van der Waals surface area contributed by atoms with Crippen LogP contribution in [0.3, 0.4) is 0 Å². The number of piperidine rings is 1. The molecule has 0 aromatic carbocycles. The highest BCUT2D eigenvalue weighted by Crippen LogP contribution is 2.39. The highest BCUT2D eigenvalue weighted by molar-refractivity contribution is 5.68. The second-order valence-corrected chi connectivity index (χ2v) is 4.97. The first kappa shape index (κ1) is 10.9. The molecule has 0 unspecified atom stereocenters. The Morgan fingerprint density at radius 2 is 2.24 bits per heavy atom. The molecule has 1 aliphatic heterocycles. The van der Waals surface area contributed by atoms with Crippen molar-refractivity contribution in [2.45, 2.75) is 19.3 Å². The van der Waals surface area contributed by atoms with Crippen LogP contribution in [-0.2, 0) is 0 Å². The van der Waals surface area contributed by atoms with Gasteiger partial charge in [0.25, 0.3) is 0 Å². The summed E-state index contributed by atoms with van der Waals surface area (Å²) in [5.74, 6) is 0.981. The average molecular weight is 232 g/mol. The Morgan fingerprint density at radius 3 is 3.06 bits per heavy atom. The van der Waals surface area contributed by atoms with E-state index in [0.29, 0.717) is 5.92 Å². The van der Waals surface area contributed by atoms with Crippen LogP contribution in [0.1, 0.15) is 24.8 Å². The van der Waals surface area contributed by atoms with Gasteiger partial charge >= 0.3 is 0 Å². The number of halogens is 1. The first-order valence-corrected chi connectivity index (χ1v) is 6.37. The molecule has 2 nitrogen and oxygen atoms in total. The molecule has 1 saturated heterocycles. The third kappa shape index (κ3) is 2.12. The summed E-state index contributed by atoms with van der Waals surface area (Å²) in [6.07, 6.45) is 7.68. The second kappa shape index (κ2) is 4.57. The van der Waals surface area contributed by atoms with Crippen LogP contribution in [0.2, 0.25) is 0 Å². The number of hydrogen-bond donors (Lipinski definition) is 1. The van der Waals surface area contributed by atoms with Crippen molar-refractivity contribution >= 4 is 5.57 Å². The summed E-state index contributed by atoms with van der Waals surface area (Å²) >= 11 is 0. The molecule has 0 saturated carbocycles. The lowest BCUT2D eigenvalue weighted by atomic mass is 9.73. The standard InChI is InChI=1S/C14H17FN2/c15-14-5-4-11(8-17-14)12-3-1-2-10-6-7-16-9-13(10)12/h3-5,8,10,13,16H,1-2,6-7,9H2/t10-,13+/m1/s1. The predicted octanol–water partition coefficient (Wildman–Crippen LogP) is 2.62. The zero-order chi connectivity index (χ0) is 11.7. The van der Waals surface area contributed by atoms with Gasteiger partial charge in [-0.3, -0.25) is 0 Å². The SMILES string of the molecule is Fc1ccc(C2=CCC[C@@H]3CCNC[C@H]23)cn1. The highest BCUT2D eigenvalue weighted by Gasteiger charge is 2.30. The van der Waals surface area contributed by atoms with Crippen LogP contribution in [0.15, 0.2) is 24.4 Å². The Kier molecular flexibility index (Phi) is 2.93. The van der Waals surface area contributed by atoms with Crippen LogP contribution in [0.4, 0.5) is 4.39 Å². The molecule has 1 fully saturated rings. The van der Waals surface area contributed by atoms with Crippen molar-refractivity contribution in [2.24, 2.45) is 11.8 Å². The third-order valence-corrected chi connectivity index (χ3v) is 3.99. The van der Waals surface area contributed by atoms with E-state index in [-0.39, 0.29) is 0 Å². The number of fused-ring (bicyclic) bond motifs is 1. The van der Waals surface area contributed by atoms with Crippen LogP contribution in [0.5, 0.6) is 0 Å². The molecule has 1 N–H and O–H groups in total.